The van der Waals surface area contributed by atoms with Crippen LogP contribution in [0.1, 0.15) is 80.6 Å². The molecule has 0 unspecified atom stereocenters. The van der Waals surface area contributed by atoms with Crippen LogP contribution in [0.5, 0.6) is 0 Å². The molecule has 0 aliphatic rings. The molecule has 0 bridgehead atoms. The summed E-state index contributed by atoms with van der Waals surface area (Å²) in [5.41, 5.74) is 1.31. The Kier molecular flexibility index (Phi) is 9.87. The van der Waals surface area contributed by atoms with E-state index in [1.807, 2.05) is 18.2 Å². The van der Waals surface area contributed by atoms with Crippen LogP contribution in [0.2, 0.25) is 0 Å². The zero-order valence-corrected chi connectivity index (χ0v) is 14.0. The molecule has 0 N–H and O–H groups in total. The van der Waals surface area contributed by atoms with Gasteiger partial charge in [0.05, 0.1) is 12.7 Å². The molecule has 0 radical (unpaired) electrons. The molecule has 0 aliphatic carbocycles. The van der Waals surface area contributed by atoms with Crippen LogP contribution in [0.3, 0.4) is 0 Å². The molecule has 22 heavy (non-hydrogen) atoms. The minimum Gasteiger partial charge on any atom is -0.465 e. The lowest BCUT2D eigenvalue weighted by atomic mass is 10.1. The normalized spacial score (nSPS) is 9.91. The number of esters is 1. The molecule has 2 nitrogen and oxygen atoms in total. The second-order valence-electron chi connectivity index (χ2n) is 5.56. The van der Waals surface area contributed by atoms with E-state index in [9.17, 15) is 4.79 Å². The predicted molar refractivity (Wildman–Crippen MR) is 91.9 cm³/mol. The van der Waals surface area contributed by atoms with Gasteiger partial charge in [0.25, 0.3) is 0 Å². The first kappa shape index (κ1) is 18.3. The number of hydrogen-bond donors (Lipinski definition) is 0. The molecule has 1 aromatic rings. The first-order valence-electron chi connectivity index (χ1n) is 8.45. The van der Waals surface area contributed by atoms with Gasteiger partial charge in [-0.1, -0.05) is 75.8 Å². The number of methoxy groups -OCH3 is 1. The van der Waals surface area contributed by atoms with E-state index in [4.69, 9.17) is 4.74 Å². The highest BCUT2D eigenvalue weighted by Gasteiger charge is 2.08. The SMILES string of the molecule is CCCCCCCCCCC#Cc1ccccc1C(=O)OC. The predicted octanol–water partition coefficient (Wildman–Crippen LogP) is 5.36. The third kappa shape index (κ3) is 7.31. The van der Waals surface area contributed by atoms with Gasteiger partial charge in [-0.15, -0.1) is 0 Å². The Morgan fingerprint density at radius 1 is 1.00 bits per heavy atom. The van der Waals surface area contributed by atoms with Gasteiger partial charge in [0, 0.05) is 12.0 Å². The summed E-state index contributed by atoms with van der Waals surface area (Å²) >= 11 is 0. The number of ether oxygens (including phenoxy) is 1. The Morgan fingerprint density at radius 2 is 1.64 bits per heavy atom. The largest absolute Gasteiger partial charge is 0.465 e. The van der Waals surface area contributed by atoms with Crippen LogP contribution >= 0.6 is 0 Å². The molecule has 0 aromatic heterocycles. The van der Waals surface area contributed by atoms with E-state index >= 15 is 0 Å². The highest BCUT2D eigenvalue weighted by Crippen LogP contribution is 2.10. The molecule has 1 aromatic carbocycles. The van der Waals surface area contributed by atoms with Gasteiger partial charge in [0.15, 0.2) is 0 Å². The maximum atomic E-state index is 11.6. The Labute approximate surface area is 135 Å². The van der Waals surface area contributed by atoms with Gasteiger partial charge < -0.3 is 4.74 Å². The van der Waals surface area contributed by atoms with Crippen molar-refractivity contribution < 1.29 is 9.53 Å². The van der Waals surface area contributed by atoms with E-state index in [1.54, 1.807) is 6.07 Å². The number of benzene rings is 1. The summed E-state index contributed by atoms with van der Waals surface area (Å²) in [6, 6.07) is 7.35. The highest BCUT2D eigenvalue weighted by atomic mass is 16.5. The lowest BCUT2D eigenvalue weighted by Gasteiger charge is -2.01. The van der Waals surface area contributed by atoms with Gasteiger partial charge in [-0.05, 0) is 18.6 Å². The molecule has 0 aliphatic heterocycles. The van der Waals surface area contributed by atoms with Crippen LogP contribution in [0, 0.1) is 11.8 Å². The summed E-state index contributed by atoms with van der Waals surface area (Å²) in [5, 5.41) is 0. The molecule has 1 rings (SSSR count). The Bertz CT molecular complexity index is 494. The van der Waals surface area contributed by atoms with E-state index in [2.05, 4.69) is 18.8 Å². The number of rotatable bonds is 9. The molecule has 0 saturated carbocycles. The molecular formula is C20H28O2. The quantitative estimate of drug-likeness (QED) is 0.349. The van der Waals surface area contributed by atoms with Crippen LogP contribution in [-0.4, -0.2) is 13.1 Å². The number of hydrogen-bond acceptors (Lipinski definition) is 2. The van der Waals surface area contributed by atoms with Crippen molar-refractivity contribution in [1.82, 2.24) is 0 Å². The van der Waals surface area contributed by atoms with Crippen molar-refractivity contribution in [3.8, 4) is 11.8 Å². The molecule has 0 atom stereocenters. The molecule has 120 valence electrons. The smallest absolute Gasteiger partial charge is 0.339 e. The average molecular weight is 300 g/mol. The molecule has 0 saturated heterocycles. The lowest BCUT2D eigenvalue weighted by molar-refractivity contribution is 0.0600. The standard InChI is InChI=1S/C20H28O2/c1-3-4-5-6-7-8-9-10-11-12-15-18-16-13-14-17-19(18)20(21)22-2/h13-14,16-17H,3-11H2,1-2H3. The van der Waals surface area contributed by atoms with E-state index in [-0.39, 0.29) is 5.97 Å². The van der Waals surface area contributed by atoms with Crippen molar-refractivity contribution in [3.63, 3.8) is 0 Å². The number of unbranched alkanes of at least 4 members (excludes halogenated alkanes) is 8. The van der Waals surface area contributed by atoms with Gasteiger partial charge in [-0.2, -0.15) is 0 Å². The minimum absolute atomic E-state index is 0.322. The monoisotopic (exact) mass is 300 g/mol. The Balaban J connectivity index is 2.26. The van der Waals surface area contributed by atoms with Gasteiger partial charge in [-0.25, -0.2) is 4.79 Å². The Morgan fingerprint density at radius 3 is 2.32 bits per heavy atom. The number of carbonyl (C=O) groups is 1. The zero-order valence-electron chi connectivity index (χ0n) is 14.0. The minimum atomic E-state index is -0.322. The summed E-state index contributed by atoms with van der Waals surface area (Å²) in [5.74, 6) is 5.95. The van der Waals surface area contributed by atoms with Crippen LogP contribution in [0.4, 0.5) is 0 Å². The lowest BCUT2D eigenvalue weighted by Crippen LogP contribution is -2.03. The van der Waals surface area contributed by atoms with E-state index in [0.29, 0.717) is 5.56 Å². The fraction of sp³-hybridized carbons (Fsp3) is 0.550. The Hall–Kier alpha value is -1.75. The summed E-state index contributed by atoms with van der Waals surface area (Å²) in [4.78, 5) is 11.6. The molecule has 0 fully saturated rings. The van der Waals surface area contributed by atoms with Crippen molar-refractivity contribution >= 4 is 5.97 Å². The molecular weight excluding hydrogens is 272 g/mol. The second-order valence-corrected chi connectivity index (χ2v) is 5.56. The van der Waals surface area contributed by atoms with Crippen molar-refractivity contribution in [3.05, 3.63) is 35.4 Å². The van der Waals surface area contributed by atoms with Crippen LogP contribution in [0.25, 0.3) is 0 Å². The van der Waals surface area contributed by atoms with Gasteiger partial charge in [0.1, 0.15) is 0 Å². The van der Waals surface area contributed by atoms with Crippen LogP contribution in [-0.2, 0) is 4.74 Å². The zero-order chi connectivity index (χ0) is 16.0. The molecule has 0 heterocycles. The maximum Gasteiger partial charge on any atom is 0.339 e. The average Bonchev–Trinajstić information content (AvgIpc) is 2.56. The van der Waals surface area contributed by atoms with E-state index < -0.39 is 0 Å². The van der Waals surface area contributed by atoms with Gasteiger partial charge in [-0.3, -0.25) is 0 Å². The molecule has 2 heteroatoms. The first-order valence-corrected chi connectivity index (χ1v) is 8.45. The van der Waals surface area contributed by atoms with Crippen LogP contribution in [0.15, 0.2) is 24.3 Å². The second kappa shape index (κ2) is 11.9. The van der Waals surface area contributed by atoms with Crippen molar-refractivity contribution in [1.29, 1.82) is 0 Å². The first-order chi connectivity index (χ1) is 10.8. The third-order valence-corrected chi connectivity index (χ3v) is 3.71. The fourth-order valence-corrected chi connectivity index (χ4v) is 2.39. The highest BCUT2D eigenvalue weighted by molar-refractivity contribution is 5.92. The van der Waals surface area contributed by atoms with Crippen molar-refractivity contribution in [2.45, 2.75) is 64.7 Å². The van der Waals surface area contributed by atoms with Gasteiger partial charge >= 0.3 is 5.97 Å². The number of carbonyl (C=O) groups excluding carboxylic acids is 1. The summed E-state index contributed by atoms with van der Waals surface area (Å²) in [7, 11) is 1.40. The summed E-state index contributed by atoms with van der Waals surface area (Å²) in [6.07, 6.45) is 11.4. The van der Waals surface area contributed by atoms with Crippen molar-refractivity contribution in [2.75, 3.05) is 7.11 Å². The van der Waals surface area contributed by atoms with E-state index in [1.165, 1.54) is 52.1 Å². The third-order valence-electron chi connectivity index (χ3n) is 3.71. The fourth-order valence-electron chi connectivity index (χ4n) is 2.39. The molecule has 0 amide bonds. The van der Waals surface area contributed by atoms with Crippen LogP contribution < -0.4 is 0 Å². The maximum absolute atomic E-state index is 11.6. The summed E-state index contributed by atoms with van der Waals surface area (Å²) in [6.45, 7) is 2.25. The topological polar surface area (TPSA) is 26.3 Å². The van der Waals surface area contributed by atoms with Gasteiger partial charge in [0.2, 0.25) is 0 Å². The molecule has 0 spiro atoms. The summed E-state index contributed by atoms with van der Waals surface area (Å²) < 4.78 is 4.77. The van der Waals surface area contributed by atoms with Crippen molar-refractivity contribution in [2.24, 2.45) is 0 Å². The van der Waals surface area contributed by atoms with E-state index in [0.717, 1.165) is 18.4 Å².